The monoisotopic (exact) mass is 590 g/mol. The van der Waals surface area contributed by atoms with E-state index in [0.717, 1.165) is 24.0 Å². The lowest BCUT2D eigenvalue weighted by molar-refractivity contribution is -0.136. The maximum Gasteiger partial charge on any atom is 0.503 e. The lowest BCUT2D eigenvalue weighted by Gasteiger charge is -2.27. The summed E-state index contributed by atoms with van der Waals surface area (Å²) in [6, 6.07) is 3.94. The van der Waals surface area contributed by atoms with Gasteiger partial charge in [-0.3, -0.25) is 0 Å². The number of aromatic hydroxyl groups is 1. The van der Waals surface area contributed by atoms with Gasteiger partial charge in [-0.15, -0.1) is 0 Å². The molecule has 0 spiro atoms. The van der Waals surface area contributed by atoms with E-state index in [1.54, 1.807) is 0 Å². The molecule has 42 heavy (non-hydrogen) atoms. The number of esters is 1. The third-order valence-corrected chi connectivity index (χ3v) is 7.59. The van der Waals surface area contributed by atoms with Gasteiger partial charge in [0.15, 0.2) is 0 Å². The van der Waals surface area contributed by atoms with E-state index < -0.39 is 12.1 Å². The fourth-order valence-corrected chi connectivity index (χ4v) is 4.88. The summed E-state index contributed by atoms with van der Waals surface area (Å²) in [4.78, 5) is 21.3. The molecule has 0 atom stereocenters. The molecule has 0 unspecified atom stereocenters. The van der Waals surface area contributed by atoms with Gasteiger partial charge in [-0.05, 0) is 28.9 Å². The van der Waals surface area contributed by atoms with E-state index in [0.29, 0.717) is 12.2 Å². The fourth-order valence-electron chi connectivity index (χ4n) is 4.88. The van der Waals surface area contributed by atoms with Crippen LogP contribution >= 0.6 is 0 Å². The van der Waals surface area contributed by atoms with E-state index in [9.17, 15) is 9.90 Å². The number of phenolic OH excluding ortho intramolecular Hbond substituents is 1. The second-order valence-corrected chi connectivity index (χ2v) is 13.6. The van der Waals surface area contributed by atoms with E-state index in [1.807, 2.05) is 12.1 Å². The summed E-state index contributed by atoms with van der Waals surface area (Å²) >= 11 is 0. The first-order valence-electron chi connectivity index (χ1n) is 16.3. The Kier molecular flexibility index (Phi) is 20.0. The number of ether oxygens (including phenoxy) is 1. The van der Waals surface area contributed by atoms with Crippen molar-refractivity contribution in [3.8, 4) is 5.75 Å². The number of carbonyl (C=O) groups is 2. The van der Waals surface area contributed by atoms with E-state index in [1.165, 1.54) is 89.9 Å². The molecular formula is C36H62O6. The molecule has 242 valence electrons. The van der Waals surface area contributed by atoms with Gasteiger partial charge in [-0.1, -0.05) is 157 Å². The summed E-state index contributed by atoms with van der Waals surface area (Å²) in [7, 11) is 0. The molecule has 0 saturated carbocycles. The molecule has 0 aliphatic carbocycles. The Balaban J connectivity index is 0.00000393. The van der Waals surface area contributed by atoms with E-state index in [4.69, 9.17) is 19.7 Å². The first-order valence-corrected chi connectivity index (χ1v) is 16.3. The van der Waals surface area contributed by atoms with Crippen LogP contribution in [0.1, 0.15) is 168 Å². The van der Waals surface area contributed by atoms with Gasteiger partial charge >= 0.3 is 12.1 Å². The number of phenols is 1. The molecule has 0 radical (unpaired) electrons. The van der Waals surface area contributed by atoms with Crippen LogP contribution in [-0.2, 0) is 20.4 Å². The maximum atomic E-state index is 12.7. The number of carboxylic acid groups (broad SMARTS) is 2. The largest absolute Gasteiger partial charge is 0.507 e. The van der Waals surface area contributed by atoms with Crippen molar-refractivity contribution in [2.24, 2.45) is 0 Å². The number of unbranched alkanes of at least 4 members (excludes halogenated alkanes) is 15. The SMILES string of the molecule is C=C(C(=O)OCCCCCCCCCCCCCCCCCC)c1cc(C(C)(C)C)cc(C(C)(C)C)c1O.O=C(O)O. The normalized spacial score (nSPS) is 11.5. The third kappa shape index (κ3) is 18.1. The van der Waals surface area contributed by atoms with Gasteiger partial charge in [0.05, 0.1) is 12.2 Å². The Bertz CT molecular complexity index is 916. The van der Waals surface area contributed by atoms with Crippen LogP contribution in [0.15, 0.2) is 18.7 Å². The summed E-state index contributed by atoms with van der Waals surface area (Å²) in [5.74, 6) is -0.304. The van der Waals surface area contributed by atoms with Crippen molar-refractivity contribution < 1.29 is 29.6 Å². The highest BCUT2D eigenvalue weighted by molar-refractivity contribution is 6.16. The molecular weight excluding hydrogens is 528 g/mol. The number of rotatable bonds is 19. The molecule has 0 amide bonds. The molecule has 1 aromatic rings. The van der Waals surface area contributed by atoms with Gasteiger partial charge < -0.3 is 20.1 Å². The van der Waals surface area contributed by atoms with Crippen molar-refractivity contribution in [3.05, 3.63) is 35.4 Å². The minimum atomic E-state index is -1.83. The second kappa shape index (κ2) is 21.2. The maximum absolute atomic E-state index is 12.7. The third-order valence-electron chi connectivity index (χ3n) is 7.59. The van der Waals surface area contributed by atoms with Crippen LogP contribution in [0.4, 0.5) is 4.79 Å². The number of carbonyl (C=O) groups excluding carboxylic acids is 1. The summed E-state index contributed by atoms with van der Waals surface area (Å²) in [5.41, 5.74) is 2.25. The van der Waals surface area contributed by atoms with Crippen molar-refractivity contribution in [2.75, 3.05) is 6.61 Å². The van der Waals surface area contributed by atoms with E-state index in [-0.39, 0.29) is 22.2 Å². The summed E-state index contributed by atoms with van der Waals surface area (Å²) < 4.78 is 5.53. The lowest BCUT2D eigenvalue weighted by atomic mass is 9.78. The molecule has 0 aliphatic rings. The Morgan fingerprint density at radius 2 is 1.07 bits per heavy atom. The molecule has 1 rings (SSSR count). The average molecular weight is 591 g/mol. The predicted octanol–water partition coefficient (Wildman–Crippen LogP) is 11.0. The van der Waals surface area contributed by atoms with Crippen molar-refractivity contribution in [1.29, 1.82) is 0 Å². The van der Waals surface area contributed by atoms with Gasteiger partial charge in [0.2, 0.25) is 0 Å². The highest BCUT2D eigenvalue weighted by Crippen LogP contribution is 2.40. The highest BCUT2D eigenvalue weighted by Gasteiger charge is 2.27. The standard InChI is InChI=1S/C35H60O3.CH2O3/c1-9-10-11-12-13-14-15-16-17-18-19-20-21-22-23-24-25-38-33(37)28(2)30-26-29(34(3,4)5)27-31(32(30)36)35(6,7)8;2-1(3)4/h26-27,36H,2,9-25H2,1,3-8H3;(H2,2,3,4). The highest BCUT2D eigenvalue weighted by atomic mass is 16.6. The van der Waals surface area contributed by atoms with Gasteiger partial charge in [-0.2, -0.15) is 0 Å². The van der Waals surface area contributed by atoms with Gasteiger partial charge in [0.1, 0.15) is 5.75 Å². The number of benzene rings is 1. The van der Waals surface area contributed by atoms with Crippen molar-refractivity contribution in [2.45, 2.75) is 162 Å². The van der Waals surface area contributed by atoms with Crippen LogP contribution in [0.3, 0.4) is 0 Å². The smallest absolute Gasteiger partial charge is 0.503 e. The summed E-state index contributed by atoms with van der Waals surface area (Å²) in [6.07, 6.45) is 19.2. The molecule has 3 N–H and O–H groups in total. The Morgan fingerprint density at radius 3 is 1.43 bits per heavy atom. The van der Waals surface area contributed by atoms with Gasteiger partial charge in [0.25, 0.3) is 0 Å². The van der Waals surface area contributed by atoms with Crippen LogP contribution in [-0.4, -0.2) is 34.1 Å². The molecule has 0 aromatic heterocycles. The van der Waals surface area contributed by atoms with Crippen LogP contribution < -0.4 is 0 Å². The zero-order valence-electron chi connectivity index (χ0n) is 27.9. The molecule has 0 bridgehead atoms. The lowest BCUT2D eigenvalue weighted by Crippen LogP contribution is -2.18. The molecule has 1 aromatic carbocycles. The number of hydrogen-bond acceptors (Lipinski definition) is 4. The van der Waals surface area contributed by atoms with Crippen LogP contribution in [0.25, 0.3) is 5.57 Å². The fraction of sp³-hybridized carbons (Fsp3) is 0.722. The van der Waals surface area contributed by atoms with E-state index in [2.05, 4.69) is 55.0 Å². The zero-order chi connectivity index (χ0) is 32.2. The first-order chi connectivity index (χ1) is 19.6. The second-order valence-electron chi connectivity index (χ2n) is 13.6. The van der Waals surface area contributed by atoms with Crippen molar-refractivity contribution in [1.82, 2.24) is 0 Å². The Labute approximate surface area is 257 Å². The molecule has 6 nitrogen and oxygen atoms in total. The topological polar surface area (TPSA) is 104 Å². The summed E-state index contributed by atoms with van der Waals surface area (Å²) in [6.45, 7) is 19.3. The van der Waals surface area contributed by atoms with Crippen molar-refractivity contribution >= 4 is 17.7 Å². The minimum Gasteiger partial charge on any atom is -0.507 e. The molecule has 6 heteroatoms. The first kappa shape index (κ1) is 39.5. The zero-order valence-corrected chi connectivity index (χ0v) is 27.9. The minimum absolute atomic E-state index is 0.111. The Hall–Kier alpha value is -2.50. The Morgan fingerprint density at radius 1 is 0.690 bits per heavy atom. The van der Waals surface area contributed by atoms with Crippen LogP contribution in [0.2, 0.25) is 0 Å². The van der Waals surface area contributed by atoms with Crippen molar-refractivity contribution in [3.63, 3.8) is 0 Å². The molecule has 0 saturated heterocycles. The quantitative estimate of drug-likeness (QED) is 0.0841. The van der Waals surface area contributed by atoms with Crippen LogP contribution in [0, 0.1) is 0 Å². The predicted molar refractivity (Wildman–Crippen MR) is 176 cm³/mol. The van der Waals surface area contributed by atoms with Gasteiger partial charge in [0, 0.05) is 11.1 Å². The summed E-state index contributed by atoms with van der Waals surface area (Å²) in [5, 5.41) is 24.9. The molecule has 0 heterocycles. The van der Waals surface area contributed by atoms with Crippen LogP contribution in [0.5, 0.6) is 5.75 Å². The van der Waals surface area contributed by atoms with Gasteiger partial charge in [-0.25, -0.2) is 9.59 Å². The average Bonchev–Trinajstić information content (AvgIpc) is 2.88. The molecule has 0 aliphatic heterocycles. The number of hydrogen-bond donors (Lipinski definition) is 3. The molecule has 0 fully saturated rings. The van der Waals surface area contributed by atoms with E-state index >= 15 is 0 Å².